The molecule has 2 aliphatic rings. The van der Waals surface area contributed by atoms with Crippen LogP contribution in [0.1, 0.15) is 44.1 Å². The van der Waals surface area contributed by atoms with Crippen molar-refractivity contribution < 1.29 is 54.9 Å². The van der Waals surface area contributed by atoms with Crippen molar-refractivity contribution >= 4 is 11.9 Å². The van der Waals surface area contributed by atoms with Crippen molar-refractivity contribution in [3.63, 3.8) is 0 Å². The molecule has 1 atom stereocenters. The summed E-state index contributed by atoms with van der Waals surface area (Å²) in [5.74, 6) is -4.55. The minimum atomic E-state index is -5.08. The highest BCUT2D eigenvalue weighted by molar-refractivity contribution is 5.82. The standard InChI is InChI=1S/C20H26F4N2O3.C2HF3O2/c1-28-17-10-18(29-14-6-4-13(5-7-14)20(22,23)24)15(21)9-12(17)11-26-19(27)16-3-2-8-25-16;3-2(4,5)1(6)7/h9-10,13-14,16,25H,2-8,11H2,1H3,(H,26,27);(H,6,7)/t13?,14?,16-;/m0./s1. The predicted molar refractivity (Wildman–Crippen MR) is 112 cm³/mol. The minimum absolute atomic E-state index is 0.0216. The van der Waals surface area contributed by atoms with E-state index in [1.807, 2.05) is 0 Å². The number of carbonyl (C=O) groups excluding carboxylic acids is 1. The first-order chi connectivity index (χ1) is 16.7. The zero-order valence-corrected chi connectivity index (χ0v) is 19.3. The molecule has 1 heterocycles. The van der Waals surface area contributed by atoms with Gasteiger partial charge in [0.25, 0.3) is 0 Å². The van der Waals surface area contributed by atoms with Crippen LogP contribution in [0.5, 0.6) is 11.5 Å². The lowest BCUT2D eigenvalue weighted by molar-refractivity contribution is -0.192. The normalized spacial score (nSPS) is 22.3. The Hall–Kier alpha value is -2.77. The molecule has 1 aromatic carbocycles. The Morgan fingerprint density at radius 1 is 1.06 bits per heavy atom. The fourth-order valence-electron chi connectivity index (χ4n) is 3.90. The second-order valence-corrected chi connectivity index (χ2v) is 8.40. The summed E-state index contributed by atoms with van der Waals surface area (Å²) in [6, 6.07) is 2.39. The van der Waals surface area contributed by atoms with Gasteiger partial charge in [0.05, 0.1) is 25.2 Å². The molecule has 1 aromatic rings. The zero-order chi connectivity index (χ0) is 27.1. The highest BCUT2D eigenvalue weighted by Crippen LogP contribution is 2.39. The van der Waals surface area contributed by atoms with E-state index < -0.39 is 36.2 Å². The molecule has 0 bridgehead atoms. The SMILES string of the molecule is COc1cc(OC2CCC(C(F)(F)F)CC2)c(F)cc1CNC(=O)[C@@H]1CCCN1.O=C(O)C(F)(F)F. The lowest BCUT2D eigenvalue weighted by Crippen LogP contribution is -2.40. The van der Waals surface area contributed by atoms with Gasteiger partial charge < -0.3 is 25.2 Å². The molecule has 7 nitrogen and oxygen atoms in total. The van der Waals surface area contributed by atoms with Crippen LogP contribution in [0.2, 0.25) is 0 Å². The first kappa shape index (κ1) is 29.5. The average molecular weight is 532 g/mol. The first-order valence-corrected chi connectivity index (χ1v) is 11.1. The van der Waals surface area contributed by atoms with Gasteiger partial charge in [0, 0.05) is 18.2 Å². The number of nitrogens with one attached hydrogen (secondary N) is 2. The quantitative estimate of drug-likeness (QED) is 0.472. The second-order valence-electron chi connectivity index (χ2n) is 8.40. The molecule has 14 heteroatoms. The number of aliphatic carboxylic acids is 1. The number of alkyl halides is 6. The largest absolute Gasteiger partial charge is 0.496 e. The van der Waals surface area contributed by atoms with Crippen LogP contribution in [0.3, 0.4) is 0 Å². The number of hydrogen-bond donors (Lipinski definition) is 3. The number of carboxylic acids is 1. The summed E-state index contributed by atoms with van der Waals surface area (Å²) in [7, 11) is 1.43. The summed E-state index contributed by atoms with van der Waals surface area (Å²) in [5, 5.41) is 13.0. The van der Waals surface area contributed by atoms with Crippen LogP contribution in [-0.4, -0.2) is 55.1 Å². The third-order valence-corrected chi connectivity index (χ3v) is 5.84. The summed E-state index contributed by atoms with van der Waals surface area (Å²) in [4.78, 5) is 21.0. The first-order valence-electron chi connectivity index (χ1n) is 11.1. The molecule has 1 aliphatic carbocycles. The molecule has 1 amide bonds. The highest BCUT2D eigenvalue weighted by atomic mass is 19.4. The van der Waals surface area contributed by atoms with Gasteiger partial charge in [-0.3, -0.25) is 4.79 Å². The molecule has 0 unspecified atom stereocenters. The Kier molecular flexibility index (Phi) is 10.2. The van der Waals surface area contributed by atoms with E-state index in [1.165, 1.54) is 19.2 Å². The third-order valence-electron chi connectivity index (χ3n) is 5.84. The Bertz CT molecular complexity index is 894. The Balaban J connectivity index is 0.000000572. The van der Waals surface area contributed by atoms with Crippen molar-refractivity contribution in [3.05, 3.63) is 23.5 Å². The van der Waals surface area contributed by atoms with Gasteiger partial charge in [0.15, 0.2) is 11.6 Å². The van der Waals surface area contributed by atoms with Gasteiger partial charge in [0.2, 0.25) is 5.91 Å². The van der Waals surface area contributed by atoms with Crippen molar-refractivity contribution in [3.8, 4) is 11.5 Å². The lowest BCUT2D eigenvalue weighted by atomic mass is 9.87. The summed E-state index contributed by atoms with van der Waals surface area (Å²) in [6.07, 6.45) is -7.64. The Labute approximate surface area is 202 Å². The molecule has 1 saturated carbocycles. The van der Waals surface area contributed by atoms with Gasteiger partial charge in [-0.05, 0) is 51.1 Å². The molecular weight excluding hydrogens is 505 g/mol. The average Bonchev–Trinajstić information content (AvgIpc) is 3.33. The van der Waals surface area contributed by atoms with Crippen molar-refractivity contribution in [2.45, 2.75) is 69.6 Å². The van der Waals surface area contributed by atoms with Gasteiger partial charge in [0.1, 0.15) is 5.75 Å². The van der Waals surface area contributed by atoms with E-state index in [2.05, 4.69) is 10.6 Å². The van der Waals surface area contributed by atoms with Crippen LogP contribution < -0.4 is 20.1 Å². The number of halogens is 7. The fourth-order valence-corrected chi connectivity index (χ4v) is 3.90. The molecule has 0 spiro atoms. The van der Waals surface area contributed by atoms with E-state index >= 15 is 0 Å². The van der Waals surface area contributed by atoms with Crippen molar-refractivity contribution in [1.29, 1.82) is 0 Å². The summed E-state index contributed by atoms with van der Waals surface area (Å²) < 4.78 is 95.5. The number of methoxy groups -OCH3 is 1. The minimum Gasteiger partial charge on any atom is -0.496 e. The van der Waals surface area contributed by atoms with Crippen LogP contribution in [0.4, 0.5) is 30.7 Å². The topological polar surface area (TPSA) is 96.9 Å². The summed E-state index contributed by atoms with van der Waals surface area (Å²) in [6.45, 7) is 0.904. The fraction of sp³-hybridized carbons (Fsp3) is 0.636. The monoisotopic (exact) mass is 532 g/mol. The van der Waals surface area contributed by atoms with Crippen molar-refractivity contribution in [2.24, 2.45) is 5.92 Å². The van der Waals surface area contributed by atoms with E-state index in [0.717, 1.165) is 19.4 Å². The molecule has 3 rings (SSSR count). The molecule has 1 saturated heterocycles. The molecular formula is C22H27F7N2O5. The van der Waals surface area contributed by atoms with E-state index in [4.69, 9.17) is 19.4 Å². The molecule has 1 aliphatic heterocycles. The summed E-state index contributed by atoms with van der Waals surface area (Å²) >= 11 is 0. The number of amides is 1. The van der Waals surface area contributed by atoms with Gasteiger partial charge >= 0.3 is 18.3 Å². The second kappa shape index (κ2) is 12.5. The molecule has 2 fully saturated rings. The van der Waals surface area contributed by atoms with Crippen molar-refractivity contribution in [2.75, 3.05) is 13.7 Å². The molecule has 36 heavy (non-hydrogen) atoms. The van der Waals surface area contributed by atoms with Gasteiger partial charge in [-0.25, -0.2) is 9.18 Å². The van der Waals surface area contributed by atoms with Crippen molar-refractivity contribution in [1.82, 2.24) is 10.6 Å². The van der Waals surface area contributed by atoms with Gasteiger partial charge in [-0.1, -0.05) is 0 Å². The number of hydrogen-bond acceptors (Lipinski definition) is 5. The van der Waals surface area contributed by atoms with Gasteiger partial charge in [-0.2, -0.15) is 26.3 Å². The number of rotatable bonds is 6. The number of benzene rings is 1. The van der Waals surface area contributed by atoms with Crippen LogP contribution >= 0.6 is 0 Å². The number of ether oxygens (including phenoxy) is 2. The Morgan fingerprint density at radius 2 is 1.67 bits per heavy atom. The lowest BCUT2D eigenvalue weighted by Gasteiger charge is -2.30. The van der Waals surface area contributed by atoms with Crippen LogP contribution in [0.25, 0.3) is 0 Å². The molecule has 3 N–H and O–H groups in total. The predicted octanol–water partition coefficient (Wildman–Crippen LogP) is 4.34. The number of carbonyl (C=O) groups is 2. The van der Waals surface area contributed by atoms with Crippen LogP contribution in [0, 0.1) is 11.7 Å². The number of carboxylic acid groups (broad SMARTS) is 1. The van der Waals surface area contributed by atoms with Gasteiger partial charge in [-0.15, -0.1) is 0 Å². The smallest absolute Gasteiger partial charge is 0.490 e. The van der Waals surface area contributed by atoms with E-state index in [9.17, 15) is 35.5 Å². The van der Waals surface area contributed by atoms with E-state index in [-0.39, 0.29) is 49.9 Å². The van der Waals surface area contributed by atoms with Crippen LogP contribution in [0.15, 0.2) is 12.1 Å². The maximum Gasteiger partial charge on any atom is 0.490 e. The highest BCUT2D eigenvalue weighted by Gasteiger charge is 2.42. The Morgan fingerprint density at radius 3 is 2.14 bits per heavy atom. The van der Waals surface area contributed by atoms with E-state index in [0.29, 0.717) is 11.3 Å². The zero-order valence-electron chi connectivity index (χ0n) is 19.3. The van der Waals surface area contributed by atoms with Crippen LogP contribution in [-0.2, 0) is 16.1 Å². The van der Waals surface area contributed by atoms with E-state index in [1.54, 1.807) is 0 Å². The molecule has 204 valence electrons. The maximum absolute atomic E-state index is 14.5. The maximum atomic E-state index is 14.5. The third kappa shape index (κ3) is 8.71. The summed E-state index contributed by atoms with van der Waals surface area (Å²) in [5.41, 5.74) is 0.462. The molecule has 0 radical (unpaired) electrons. The molecule has 0 aromatic heterocycles.